The summed E-state index contributed by atoms with van der Waals surface area (Å²) >= 11 is 0. The third-order valence-electron chi connectivity index (χ3n) is 7.78. The number of ketones is 1. The van der Waals surface area contributed by atoms with Crippen LogP contribution in [0.15, 0.2) is 47.3 Å². The molecule has 2 aliphatic heterocycles. The molecule has 2 aromatic carbocycles. The molecular weight excluding hydrogens is 514 g/mol. The van der Waals surface area contributed by atoms with E-state index in [4.69, 9.17) is 14.2 Å². The molecule has 0 atom stereocenters. The van der Waals surface area contributed by atoms with Crippen LogP contribution in [-0.4, -0.2) is 77.3 Å². The molecule has 0 radical (unpaired) electrons. The average molecular weight is 550 g/mol. The van der Waals surface area contributed by atoms with Crippen LogP contribution in [0.5, 0.6) is 17.2 Å². The number of hydrogen-bond acceptors (Lipinski definition) is 7. The van der Waals surface area contributed by atoms with Crippen LogP contribution >= 0.6 is 0 Å². The van der Waals surface area contributed by atoms with Gasteiger partial charge in [-0.25, -0.2) is 4.79 Å². The molecule has 0 aliphatic carbocycles. The highest BCUT2D eigenvalue weighted by atomic mass is 16.6. The molecule has 10 heteroatoms. The van der Waals surface area contributed by atoms with Crippen LogP contribution in [0.4, 0.5) is 4.79 Å². The second-order valence-corrected chi connectivity index (χ2v) is 10.2. The number of piperidine rings is 1. The van der Waals surface area contributed by atoms with Crippen molar-refractivity contribution in [3.8, 4) is 17.2 Å². The molecule has 1 N–H and O–H groups in total. The lowest BCUT2D eigenvalue weighted by Crippen LogP contribution is -2.47. The van der Waals surface area contributed by atoms with Crippen molar-refractivity contribution in [2.75, 3.05) is 40.0 Å². The monoisotopic (exact) mass is 549 g/mol. The van der Waals surface area contributed by atoms with Gasteiger partial charge in [0.05, 0.1) is 12.6 Å². The Morgan fingerprint density at radius 3 is 2.48 bits per heavy atom. The summed E-state index contributed by atoms with van der Waals surface area (Å²) in [5.74, 6) is 1.87. The molecule has 1 saturated heterocycles. The van der Waals surface area contributed by atoms with Gasteiger partial charge >= 0.3 is 6.09 Å². The number of benzene rings is 2. The lowest BCUT2D eigenvalue weighted by molar-refractivity contribution is 0.0855. The smallest absolute Gasteiger partial charge is 0.407 e. The van der Waals surface area contributed by atoms with E-state index < -0.39 is 6.09 Å². The molecule has 1 amide bonds. The van der Waals surface area contributed by atoms with Crippen LogP contribution in [0.1, 0.15) is 42.1 Å². The predicted molar refractivity (Wildman–Crippen MR) is 150 cm³/mol. The van der Waals surface area contributed by atoms with E-state index in [1.165, 1.54) is 11.0 Å². The minimum atomic E-state index is -0.943. The predicted octanol–water partition coefficient (Wildman–Crippen LogP) is 4.02. The first-order valence-corrected chi connectivity index (χ1v) is 13.7. The van der Waals surface area contributed by atoms with E-state index >= 15 is 0 Å². The van der Waals surface area contributed by atoms with Crippen LogP contribution in [0.2, 0.25) is 0 Å². The molecule has 5 rings (SSSR count). The van der Waals surface area contributed by atoms with Crippen molar-refractivity contribution in [1.29, 1.82) is 0 Å². The molecule has 1 fully saturated rings. The fourth-order valence-corrected chi connectivity index (χ4v) is 5.58. The van der Waals surface area contributed by atoms with Crippen molar-refractivity contribution in [2.24, 2.45) is 0 Å². The first kappa shape index (κ1) is 27.5. The second kappa shape index (κ2) is 12.0. The third kappa shape index (κ3) is 5.77. The van der Waals surface area contributed by atoms with Gasteiger partial charge in [-0.1, -0.05) is 13.0 Å². The topological polar surface area (TPSA) is 111 Å². The molecule has 0 spiro atoms. The zero-order chi connectivity index (χ0) is 28.2. The number of carbonyl (C=O) groups is 2. The van der Waals surface area contributed by atoms with Gasteiger partial charge in [0, 0.05) is 68.3 Å². The van der Waals surface area contributed by atoms with Crippen molar-refractivity contribution in [2.45, 2.75) is 45.3 Å². The van der Waals surface area contributed by atoms with Crippen molar-refractivity contribution in [3.05, 3.63) is 63.9 Å². The summed E-state index contributed by atoms with van der Waals surface area (Å²) in [5.41, 5.74) is 1.95. The van der Waals surface area contributed by atoms with E-state index in [1.54, 1.807) is 29.9 Å². The van der Waals surface area contributed by atoms with Gasteiger partial charge in [0.1, 0.15) is 19.0 Å². The Labute approximate surface area is 232 Å². The fourth-order valence-electron chi connectivity index (χ4n) is 5.58. The van der Waals surface area contributed by atoms with Gasteiger partial charge in [0.15, 0.2) is 17.3 Å². The van der Waals surface area contributed by atoms with Gasteiger partial charge in [-0.3, -0.25) is 9.59 Å². The number of carboxylic acid groups (broad SMARTS) is 1. The molecule has 40 heavy (non-hydrogen) atoms. The van der Waals surface area contributed by atoms with Crippen LogP contribution in [0.3, 0.4) is 0 Å². The van der Waals surface area contributed by atoms with Crippen LogP contribution in [-0.2, 0) is 13.1 Å². The second-order valence-electron chi connectivity index (χ2n) is 10.2. The normalized spacial score (nSPS) is 15.7. The summed E-state index contributed by atoms with van der Waals surface area (Å²) in [7, 11) is 1.55. The number of ether oxygens (including phenoxy) is 3. The van der Waals surface area contributed by atoms with Gasteiger partial charge in [-0.05, 0) is 42.7 Å². The molecule has 3 aromatic rings. The molecule has 0 unspecified atom stereocenters. The molecule has 212 valence electrons. The van der Waals surface area contributed by atoms with Crippen molar-refractivity contribution in [1.82, 2.24) is 14.4 Å². The summed E-state index contributed by atoms with van der Waals surface area (Å²) in [6.07, 6.45) is 0.814. The van der Waals surface area contributed by atoms with Gasteiger partial charge in [-0.15, -0.1) is 0 Å². The summed E-state index contributed by atoms with van der Waals surface area (Å²) in [6.45, 7) is 5.61. The van der Waals surface area contributed by atoms with E-state index in [9.17, 15) is 19.5 Å². The van der Waals surface area contributed by atoms with E-state index in [0.717, 1.165) is 24.0 Å². The standard InChI is InChI=1S/C30H35N3O7/c1-3-26(34)24-17-22(38-2)18-25-23(24)5-7-29(35)32(25)13-12-31-10-8-21(9-11-31)33(30(36)37)19-20-4-6-27-28(16-20)40-15-14-39-27/h4-7,16-18,21H,3,8-15,19H2,1-2H3,(H,36,37). The number of amides is 1. The number of hydrogen-bond donors (Lipinski definition) is 1. The van der Waals surface area contributed by atoms with E-state index in [1.807, 2.05) is 25.1 Å². The first-order valence-electron chi connectivity index (χ1n) is 13.7. The Kier molecular flexibility index (Phi) is 8.25. The number of carbonyl (C=O) groups excluding carboxylic acids is 1. The number of rotatable bonds is 9. The first-order chi connectivity index (χ1) is 19.4. The van der Waals surface area contributed by atoms with Crippen molar-refractivity contribution < 1.29 is 28.9 Å². The number of Topliss-reactive ketones (excluding diaryl/α,β-unsaturated/α-hetero) is 1. The minimum absolute atomic E-state index is 0.00426. The zero-order valence-electron chi connectivity index (χ0n) is 22.9. The Bertz CT molecular complexity index is 1460. The van der Waals surface area contributed by atoms with Crippen molar-refractivity contribution in [3.63, 3.8) is 0 Å². The lowest BCUT2D eigenvalue weighted by atomic mass is 10.0. The molecule has 10 nitrogen and oxygen atoms in total. The third-order valence-corrected chi connectivity index (χ3v) is 7.78. The number of aromatic nitrogens is 1. The van der Waals surface area contributed by atoms with Gasteiger partial charge in [0.25, 0.3) is 5.56 Å². The van der Waals surface area contributed by atoms with E-state index in [0.29, 0.717) is 73.9 Å². The summed E-state index contributed by atoms with van der Waals surface area (Å²) in [6, 6.07) is 12.2. The number of fused-ring (bicyclic) bond motifs is 2. The fraction of sp³-hybridized carbons (Fsp3) is 0.433. The van der Waals surface area contributed by atoms with Gasteiger partial charge in [-0.2, -0.15) is 0 Å². The molecular formula is C30H35N3O7. The highest BCUT2D eigenvalue weighted by Crippen LogP contribution is 2.32. The molecule has 0 saturated carbocycles. The van der Waals surface area contributed by atoms with E-state index in [-0.39, 0.29) is 23.9 Å². The SMILES string of the molecule is CCC(=O)c1cc(OC)cc2c1ccc(=O)n2CCN1CCC(N(Cc2ccc3c(c2)OCCO3)C(=O)O)CC1. The Hall–Kier alpha value is -4.05. The maximum Gasteiger partial charge on any atom is 0.407 e. The molecule has 0 bridgehead atoms. The lowest BCUT2D eigenvalue weighted by Gasteiger charge is -2.37. The Balaban J connectivity index is 1.25. The van der Waals surface area contributed by atoms with Gasteiger partial charge in [0.2, 0.25) is 0 Å². The average Bonchev–Trinajstić information content (AvgIpc) is 2.98. The number of likely N-dealkylation sites (tertiary alicyclic amines) is 1. The van der Waals surface area contributed by atoms with E-state index in [2.05, 4.69) is 4.90 Å². The van der Waals surface area contributed by atoms with Crippen LogP contribution < -0.4 is 19.8 Å². The molecule has 3 heterocycles. The molecule has 1 aromatic heterocycles. The Morgan fingerprint density at radius 2 is 1.77 bits per heavy atom. The highest BCUT2D eigenvalue weighted by molar-refractivity contribution is 6.08. The number of pyridine rings is 1. The molecule has 2 aliphatic rings. The van der Waals surface area contributed by atoms with Crippen LogP contribution in [0, 0.1) is 0 Å². The summed E-state index contributed by atoms with van der Waals surface area (Å²) in [4.78, 5) is 41.4. The van der Waals surface area contributed by atoms with Crippen LogP contribution in [0.25, 0.3) is 10.9 Å². The highest BCUT2D eigenvalue weighted by Gasteiger charge is 2.28. The maximum absolute atomic E-state index is 12.9. The quantitative estimate of drug-likeness (QED) is 0.399. The Morgan fingerprint density at radius 1 is 1.02 bits per heavy atom. The largest absolute Gasteiger partial charge is 0.497 e. The zero-order valence-corrected chi connectivity index (χ0v) is 22.9. The maximum atomic E-state index is 12.9. The van der Waals surface area contributed by atoms with Crippen molar-refractivity contribution >= 4 is 22.8 Å². The number of methoxy groups -OCH3 is 1. The number of nitrogens with zero attached hydrogens (tertiary/aromatic N) is 3. The summed E-state index contributed by atoms with van der Waals surface area (Å²) in [5, 5.41) is 10.7. The van der Waals surface area contributed by atoms with Gasteiger partial charge < -0.3 is 33.7 Å². The minimum Gasteiger partial charge on any atom is -0.497 e. The summed E-state index contributed by atoms with van der Waals surface area (Å²) < 4.78 is 18.4.